The highest BCUT2D eigenvalue weighted by molar-refractivity contribution is 8.15. The maximum absolute atomic E-state index is 13.0. The van der Waals surface area contributed by atoms with Gasteiger partial charge in [0.25, 0.3) is 0 Å². The van der Waals surface area contributed by atoms with E-state index in [0.717, 1.165) is 18.5 Å². The Hall–Kier alpha value is -2.67. The molecule has 1 saturated heterocycles. The van der Waals surface area contributed by atoms with Crippen LogP contribution in [-0.4, -0.2) is 33.2 Å². The van der Waals surface area contributed by atoms with Crippen molar-refractivity contribution < 1.29 is 14.0 Å². The minimum absolute atomic E-state index is 0.0535. The normalized spacial score (nSPS) is 20.9. The Labute approximate surface area is 160 Å². The molecule has 27 heavy (non-hydrogen) atoms. The molecule has 0 radical (unpaired) electrons. The van der Waals surface area contributed by atoms with Crippen LogP contribution in [0.25, 0.3) is 0 Å². The first kappa shape index (κ1) is 17.7. The summed E-state index contributed by atoms with van der Waals surface area (Å²) < 4.78 is 13.0. The Morgan fingerprint density at radius 1 is 1.15 bits per heavy atom. The summed E-state index contributed by atoms with van der Waals surface area (Å²) in [7, 11) is 0. The summed E-state index contributed by atoms with van der Waals surface area (Å²) in [5.41, 5.74) is 1.30. The van der Waals surface area contributed by atoms with E-state index < -0.39 is 5.25 Å². The van der Waals surface area contributed by atoms with Crippen LogP contribution in [0.2, 0.25) is 0 Å². The highest BCUT2D eigenvalue weighted by Crippen LogP contribution is 2.39. The van der Waals surface area contributed by atoms with Crippen LogP contribution in [0.4, 0.5) is 15.8 Å². The number of benzene rings is 2. The average molecular weight is 383 g/mol. The second-order valence-electron chi connectivity index (χ2n) is 6.54. The smallest absolute Gasteiger partial charge is 0.242 e. The van der Waals surface area contributed by atoms with Gasteiger partial charge in [0.05, 0.1) is 5.69 Å². The third-order valence-electron chi connectivity index (χ3n) is 4.36. The van der Waals surface area contributed by atoms with Crippen LogP contribution in [0.1, 0.15) is 19.3 Å². The Bertz CT molecular complexity index is 882. The standard InChI is InChI=1S/C20H18FN3O2S/c21-13-6-8-15(9-7-13)22-18(25)12-17-19(26)24(16-10-11-16)20(27-17)23-14-4-2-1-3-5-14/h1-9,16-17H,10-12H2,(H,22,25)/t17-/m0/s1. The summed E-state index contributed by atoms with van der Waals surface area (Å²) in [6.45, 7) is 0. The number of nitrogens with one attached hydrogen (secondary N) is 1. The number of carbonyl (C=O) groups is 2. The number of hydrogen-bond donors (Lipinski definition) is 1. The molecular weight excluding hydrogens is 365 g/mol. The van der Waals surface area contributed by atoms with Crippen molar-refractivity contribution in [3.63, 3.8) is 0 Å². The Morgan fingerprint density at radius 3 is 2.52 bits per heavy atom. The van der Waals surface area contributed by atoms with Gasteiger partial charge in [-0.3, -0.25) is 14.5 Å². The largest absolute Gasteiger partial charge is 0.326 e. The highest BCUT2D eigenvalue weighted by atomic mass is 32.2. The van der Waals surface area contributed by atoms with Gasteiger partial charge >= 0.3 is 0 Å². The van der Waals surface area contributed by atoms with E-state index in [-0.39, 0.29) is 30.1 Å². The second-order valence-corrected chi connectivity index (χ2v) is 7.70. The van der Waals surface area contributed by atoms with Gasteiger partial charge in [0.2, 0.25) is 11.8 Å². The Morgan fingerprint density at radius 2 is 1.85 bits per heavy atom. The molecule has 2 fully saturated rings. The van der Waals surface area contributed by atoms with E-state index in [2.05, 4.69) is 10.3 Å². The molecule has 1 N–H and O–H groups in total. The molecular formula is C20H18FN3O2S. The van der Waals surface area contributed by atoms with Crippen molar-refractivity contribution in [2.24, 2.45) is 4.99 Å². The van der Waals surface area contributed by atoms with E-state index in [0.29, 0.717) is 10.9 Å². The zero-order valence-corrected chi connectivity index (χ0v) is 15.3. The van der Waals surface area contributed by atoms with Gasteiger partial charge in [0.15, 0.2) is 5.17 Å². The first-order valence-electron chi connectivity index (χ1n) is 8.79. The van der Waals surface area contributed by atoms with Gasteiger partial charge in [-0.25, -0.2) is 9.38 Å². The van der Waals surface area contributed by atoms with Crippen LogP contribution in [0.5, 0.6) is 0 Å². The third-order valence-corrected chi connectivity index (χ3v) is 5.51. The predicted molar refractivity (Wildman–Crippen MR) is 104 cm³/mol. The summed E-state index contributed by atoms with van der Waals surface area (Å²) in [6.07, 6.45) is 1.99. The lowest BCUT2D eigenvalue weighted by Gasteiger charge is -2.15. The van der Waals surface area contributed by atoms with Crippen LogP contribution >= 0.6 is 11.8 Å². The van der Waals surface area contributed by atoms with Crippen molar-refractivity contribution in [3.8, 4) is 0 Å². The lowest BCUT2D eigenvalue weighted by molar-refractivity contribution is -0.128. The number of aliphatic imine (C=N–C) groups is 1. The first-order valence-corrected chi connectivity index (χ1v) is 9.67. The van der Waals surface area contributed by atoms with Crippen molar-refractivity contribution >= 4 is 40.1 Å². The first-order chi connectivity index (χ1) is 13.1. The molecule has 138 valence electrons. The number of amidine groups is 1. The maximum Gasteiger partial charge on any atom is 0.242 e. The van der Waals surface area contributed by atoms with Crippen LogP contribution < -0.4 is 5.32 Å². The molecule has 2 aliphatic rings. The lowest BCUT2D eigenvalue weighted by Crippen LogP contribution is -2.35. The fourth-order valence-corrected chi connectivity index (χ4v) is 4.10. The molecule has 1 atom stereocenters. The summed E-state index contributed by atoms with van der Waals surface area (Å²) in [4.78, 5) is 31.5. The molecule has 0 aromatic heterocycles. The topological polar surface area (TPSA) is 61.8 Å². The molecule has 0 unspecified atom stereocenters. The monoisotopic (exact) mass is 383 g/mol. The van der Waals surface area contributed by atoms with E-state index in [1.54, 1.807) is 4.90 Å². The number of anilines is 1. The van der Waals surface area contributed by atoms with Gasteiger partial charge in [0.1, 0.15) is 11.1 Å². The molecule has 1 aliphatic heterocycles. The van der Waals surface area contributed by atoms with Gasteiger partial charge in [-0.05, 0) is 49.2 Å². The number of thioether (sulfide) groups is 1. The van der Waals surface area contributed by atoms with Crippen LogP contribution in [0.15, 0.2) is 59.6 Å². The molecule has 7 heteroatoms. The van der Waals surface area contributed by atoms with Crippen molar-refractivity contribution in [2.75, 3.05) is 5.32 Å². The van der Waals surface area contributed by atoms with E-state index in [9.17, 15) is 14.0 Å². The Kier molecular flexibility index (Phi) is 4.94. The summed E-state index contributed by atoms with van der Waals surface area (Å²) >= 11 is 1.34. The molecule has 5 nitrogen and oxygen atoms in total. The highest BCUT2D eigenvalue weighted by Gasteiger charge is 2.46. The predicted octanol–water partition coefficient (Wildman–Crippen LogP) is 3.95. The van der Waals surface area contributed by atoms with Crippen LogP contribution in [-0.2, 0) is 9.59 Å². The van der Waals surface area contributed by atoms with Crippen molar-refractivity contribution in [1.29, 1.82) is 0 Å². The molecule has 1 saturated carbocycles. The number of rotatable bonds is 5. The zero-order chi connectivity index (χ0) is 18.8. The van der Waals surface area contributed by atoms with Gasteiger partial charge < -0.3 is 5.32 Å². The van der Waals surface area contributed by atoms with Gasteiger partial charge in [-0.2, -0.15) is 0 Å². The fourth-order valence-electron chi connectivity index (χ4n) is 2.89. The number of carbonyl (C=O) groups excluding carboxylic acids is 2. The molecule has 1 aliphatic carbocycles. The molecule has 2 aromatic rings. The molecule has 1 heterocycles. The number of para-hydroxylation sites is 1. The maximum atomic E-state index is 13.0. The number of amides is 2. The molecule has 2 aromatic carbocycles. The van der Waals surface area contributed by atoms with E-state index in [1.165, 1.54) is 36.0 Å². The van der Waals surface area contributed by atoms with Crippen molar-refractivity contribution in [1.82, 2.24) is 4.90 Å². The Balaban J connectivity index is 1.47. The number of halogens is 1. The van der Waals surface area contributed by atoms with Crippen LogP contribution in [0, 0.1) is 5.82 Å². The average Bonchev–Trinajstić information content (AvgIpc) is 3.44. The number of hydrogen-bond acceptors (Lipinski definition) is 4. The summed E-state index contributed by atoms with van der Waals surface area (Å²) in [5, 5.41) is 2.88. The fraction of sp³-hybridized carbons (Fsp3) is 0.250. The molecule has 0 bridgehead atoms. The van der Waals surface area contributed by atoms with Gasteiger partial charge in [0, 0.05) is 18.2 Å². The molecule has 0 spiro atoms. The third kappa shape index (κ3) is 4.19. The number of nitrogens with zero attached hydrogens (tertiary/aromatic N) is 2. The molecule has 2 amide bonds. The lowest BCUT2D eigenvalue weighted by atomic mass is 10.2. The van der Waals surface area contributed by atoms with Crippen molar-refractivity contribution in [3.05, 3.63) is 60.4 Å². The van der Waals surface area contributed by atoms with Crippen molar-refractivity contribution in [2.45, 2.75) is 30.6 Å². The minimum Gasteiger partial charge on any atom is -0.326 e. The second kappa shape index (κ2) is 7.52. The van der Waals surface area contributed by atoms with E-state index in [1.807, 2.05) is 30.3 Å². The van der Waals surface area contributed by atoms with E-state index in [4.69, 9.17) is 0 Å². The van der Waals surface area contributed by atoms with Gasteiger partial charge in [-0.1, -0.05) is 30.0 Å². The summed E-state index contributed by atoms with van der Waals surface area (Å²) in [6, 6.07) is 15.2. The SMILES string of the molecule is O=C(C[C@@H]1SC(=Nc2ccccc2)N(C2CC2)C1=O)Nc1ccc(F)cc1. The van der Waals surface area contributed by atoms with Crippen LogP contribution in [0.3, 0.4) is 0 Å². The quantitative estimate of drug-likeness (QED) is 0.850. The van der Waals surface area contributed by atoms with Gasteiger partial charge in [-0.15, -0.1) is 0 Å². The molecule has 4 rings (SSSR count). The zero-order valence-electron chi connectivity index (χ0n) is 14.5. The minimum atomic E-state index is -0.492. The summed E-state index contributed by atoms with van der Waals surface area (Å²) in [5.74, 6) is -0.702. The van der Waals surface area contributed by atoms with E-state index >= 15 is 0 Å².